The summed E-state index contributed by atoms with van der Waals surface area (Å²) in [6.07, 6.45) is 0. The number of carbonyl (C=O) groups is 2. The van der Waals surface area contributed by atoms with Crippen LogP contribution < -0.4 is 18.9 Å². The minimum atomic E-state index is -3.81. The quantitative estimate of drug-likeness (QED) is 0.0910. The highest BCUT2D eigenvalue weighted by Gasteiger charge is 2.17. The van der Waals surface area contributed by atoms with Gasteiger partial charge in [-0.1, -0.05) is 21.6 Å². The summed E-state index contributed by atoms with van der Waals surface area (Å²) in [5.74, 6) is 0.953. The third-order valence-electron chi connectivity index (χ3n) is 6.12. The number of Topliss-reactive ketones (excluding diaryl/α,β-unsaturated/α-hetero) is 2. The summed E-state index contributed by atoms with van der Waals surface area (Å²) in [4.78, 5) is 25.3. The zero-order chi connectivity index (χ0) is 31.7. The van der Waals surface area contributed by atoms with Crippen LogP contribution in [-0.2, 0) is 20.0 Å². The molecule has 0 saturated carbocycles. The number of anilines is 2. The minimum absolute atomic E-state index is 0.0757. The van der Waals surface area contributed by atoms with Gasteiger partial charge in [-0.25, -0.2) is 16.8 Å². The Morgan fingerprint density at radius 3 is 1.16 bits per heavy atom. The number of sulfonamides is 2. The second-order valence-electron chi connectivity index (χ2n) is 9.09. The lowest BCUT2D eigenvalue weighted by atomic mass is 10.1. The number of rotatable bonds is 15. The van der Waals surface area contributed by atoms with E-state index >= 15 is 0 Å². The Labute approximate surface area is 264 Å². The van der Waals surface area contributed by atoms with E-state index in [2.05, 4.69) is 9.44 Å². The summed E-state index contributed by atoms with van der Waals surface area (Å²) in [5, 5.41) is 0. The average molecular weight is 673 g/mol. The van der Waals surface area contributed by atoms with Gasteiger partial charge in [0.05, 0.1) is 35.5 Å². The Kier molecular flexibility index (Phi) is 11.0. The Balaban J connectivity index is 1.22. The molecule has 0 aliphatic heterocycles. The first kappa shape index (κ1) is 32.9. The summed E-state index contributed by atoms with van der Waals surface area (Å²) in [6, 6.07) is 24.1. The molecule has 4 aromatic carbocycles. The van der Waals surface area contributed by atoms with E-state index in [4.69, 9.17) is 9.47 Å². The van der Waals surface area contributed by atoms with Crippen LogP contribution in [-0.4, -0.2) is 54.1 Å². The number of benzene rings is 4. The fourth-order valence-electron chi connectivity index (χ4n) is 3.74. The van der Waals surface area contributed by atoms with Crippen LogP contribution in [0.1, 0.15) is 20.7 Å². The maximum absolute atomic E-state index is 12.6. The van der Waals surface area contributed by atoms with Crippen molar-refractivity contribution in [3.8, 4) is 11.5 Å². The molecule has 4 rings (SSSR count). The summed E-state index contributed by atoms with van der Waals surface area (Å²) in [7, 11) is -2.18. The van der Waals surface area contributed by atoms with Crippen LogP contribution in [0.5, 0.6) is 11.5 Å². The molecular formula is C30H28N2O8S4. The Bertz CT molecular complexity index is 1670. The Morgan fingerprint density at radius 2 is 0.864 bits per heavy atom. The molecule has 0 aliphatic rings. The van der Waals surface area contributed by atoms with Gasteiger partial charge in [-0.2, -0.15) is 0 Å². The van der Waals surface area contributed by atoms with Gasteiger partial charge in [0.2, 0.25) is 0 Å². The van der Waals surface area contributed by atoms with Crippen LogP contribution in [0, 0.1) is 0 Å². The number of methoxy groups -OCH3 is 2. The first-order chi connectivity index (χ1) is 21.0. The van der Waals surface area contributed by atoms with E-state index in [0.717, 1.165) is 0 Å². The van der Waals surface area contributed by atoms with E-state index in [-0.39, 0.29) is 32.9 Å². The van der Waals surface area contributed by atoms with Gasteiger partial charge in [0, 0.05) is 22.5 Å². The molecule has 0 unspecified atom stereocenters. The highest BCUT2D eigenvalue weighted by atomic mass is 33.1. The van der Waals surface area contributed by atoms with E-state index in [1.54, 1.807) is 24.3 Å². The lowest BCUT2D eigenvalue weighted by Gasteiger charge is -2.10. The highest BCUT2D eigenvalue weighted by molar-refractivity contribution is 8.77. The van der Waals surface area contributed by atoms with Gasteiger partial charge in [-0.05, 0) is 97.1 Å². The molecule has 0 atom stereocenters. The van der Waals surface area contributed by atoms with Crippen molar-refractivity contribution in [1.29, 1.82) is 0 Å². The molecule has 2 N–H and O–H groups in total. The molecule has 0 spiro atoms. The zero-order valence-corrected chi connectivity index (χ0v) is 26.8. The molecule has 0 bridgehead atoms. The van der Waals surface area contributed by atoms with Crippen molar-refractivity contribution in [2.24, 2.45) is 0 Å². The number of hydrogen-bond acceptors (Lipinski definition) is 10. The SMILES string of the molecule is COc1ccc(S(=O)(=O)Nc2ccc(C(=O)CSSCC(=O)c3ccc(NS(=O)(=O)c4ccc(OC)cc4)cc3)cc2)cc1. The number of carbonyl (C=O) groups excluding carboxylic acids is 2. The van der Waals surface area contributed by atoms with Crippen LogP contribution in [0.15, 0.2) is 107 Å². The van der Waals surface area contributed by atoms with E-state index in [1.165, 1.54) is 109 Å². The van der Waals surface area contributed by atoms with Crippen LogP contribution in [0.2, 0.25) is 0 Å². The second-order valence-corrected chi connectivity index (χ2v) is 14.9. The smallest absolute Gasteiger partial charge is 0.261 e. The number of ether oxygens (including phenoxy) is 2. The third-order valence-corrected chi connectivity index (χ3v) is 11.0. The molecule has 0 heterocycles. The van der Waals surface area contributed by atoms with Crippen molar-refractivity contribution in [3.63, 3.8) is 0 Å². The molecule has 0 saturated heterocycles. The van der Waals surface area contributed by atoms with Crippen LogP contribution in [0.3, 0.4) is 0 Å². The summed E-state index contributed by atoms with van der Waals surface area (Å²) < 4.78 is 65.5. The normalized spacial score (nSPS) is 11.4. The predicted molar refractivity (Wildman–Crippen MR) is 174 cm³/mol. The molecule has 4 aromatic rings. The molecule has 44 heavy (non-hydrogen) atoms. The summed E-state index contributed by atoms with van der Waals surface area (Å²) in [5.41, 5.74) is 1.43. The van der Waals surface area contributed by atoms with Gasteiger partial charge in [0.15, 0.2) is 11.6 Å². The van der Waals surface area contributed by atoms with E-state index in [1.807, 2.05) is 0 Å². The maximum atomic E-state index is 12.6. The van der Waals surface area contributed by atoms with Gasteiger partial charge < -0.3 is 9.47 Å². The molecule has 0 amide bonds. The molecule has 0 fully saturated rings. The highest BCUT2D eigenvalue weighted by Crippen LogP contribution is 2.26. The number of nitrogens with one attached hydrogen (secondary N) is 2. The van der Waals surface area contributed by atoms with Crippen LogP contribution in [0.4, 0.5) is 11.4 Å². The van der Waals surface area contributed by atoms with Crippen molar-refractivity contribution in [2.75, 3.05) is 35.2 Å². The van der Waals surface area contributed by atoms with Crippen molar-refractivity contribution >= 4 is 64.6 Å². The minimum Gasteiger partial charge on any atom is -0.497 e. The Hall–Kier alpha value is -3.98. The Morgan fingerprint density at radius 1 is 0.545 bits per heavy atom. The topological polar surface area (TPSA) is 145 Å². The molecule has 0 aliphatic carbocycles. The van der Waals surface area contributed by atoms with E-state index < -0.39 is 20.0 Å². The summed E-state index contributed by atoms with van der Waals surface area (Å²) in [6.45, 7) is 0. The fraction of sp³-hybridized carbons (Fsp3) is 0.133. The average Bonchev–Trinajstić information content (AvgIpc) is 3.03. The monoisotopic (exact) mass is 672 g/mol. The first-order valence-electron chi connectivity index (χ1n) is 12.9. The molecule has 230 valence electrons. The van der Waals surface area contributed by atoms with Crippen LogP contribution in [0.25, 0.3) is 0 Å². The zero-order valence-electron chi connectivity index (χ0n) is 23.6. The van der Waals surface area contributed by atoms with Gasteiger partial charge in [0.25, 0.3) is 20.0 Å². The predicted octanol–water partition coefficient (Wildman–Crippen LogP) is 5.75. The van der Waals surface area contributed by atoms with Crippen LogP contribution >= 0.6 is 21.6 Å². The number of hydrogen-bond donors (Lipinski definition) is 2. The standard InChI is InChI=1S/C30H28N2O8S4/c1-39-25-11-15-27(16-12-25)43(35,36)31-23-7-3-21(4-8-23)29(33)19-41-42-20-30(34)22-5-9-24(10-6-22)32-44(37,38)28-17-13-26(40-2)14-18-28/h3-18,31-32H,19-20H2,1-2H3. The van der Waals surface area contributed by atoms with Gasteiger partial charge in [-0.3, -0.25) is 19.0 Å². The third kappa shape index (κ3) is 8.78. The fourth-order valence-corrected chi connectivity index (χ4v) is 7.72. The lowest BCUT2D eigenvalue weighted by Crippen LogP contribution is -2.13. The molecule has 0 aromatic heterocycles. The molecule has 0 radical (unpaired) electrons. The van der Waals surface area contributed by atoms with Crippen molar-refractivity contribution in [3.05, 3.63) is 108 Å². The number of ketones is 2. The van der Waals surface area contributed by atoms with E-state index in [9.17, 15) is 26.4 Å². The maximum Gasteiger partial charge on any atom is 0.261 e. The lowest BCUT2D eigenvalue weighted by molar-refractivity contribution is 0.101. The van der Waals surface area contributed by atoms with Crippen molar-refractivity contribution < 1.29 is 35.9 Å². The van der Waals surface area contributed by atoms with Gasteiger partial charge in [0.1, 0.15) is 11.5 Å². The van der Waals surface area contributed by atoms with E-state index in [0.29, 0.717) is 34.0 Å². The first-order valence-corrected chi connectivity index (χ1v) is 18.3. The van der Waals surface area contributed by atoms with Gasteiger partial charge >= 0.3 is 0 Å². The second kappa shape index (κ2) is 14.7. The summed E-state index contributed by atoms with van der Waals surface area (Å²) >= 11 is 0. The van der Waals surface area contributed by atoms with Crippen molar-refractivity contribution in [1.82, 2.24) is 0 Å². The van der Waals surface area contributed by atoms with Crippen molar-refractivity contribution in [2.45, 2.75) is 9.79 Å². The molecule has 10 nitrogen and oxygen atoms in total. The molecular weight excluding hydrogens is 645 g/mol. The molecule has 14 heteroatoms. The van der Waals surface area contributed by atoms with Gasteiger partial charge in [-0.15, -0.1) is 0 Å². The largest absolute Gasteiger partial charge is 0.497 e.